The highest BCUT2D eigenvalue weighted by Crippen LogP contribution is 2.32. The first kappa shape index (κ1) is 29.2. The van der Waals surface area contributed by atoms with E-state index in [2.05, 4.69) is 39.5 Å². The topological polar surface area (TPSA) is 114 Å². The first-order valence-electron chi connectivity index (χ1n) is 14.8. The number of nitrogens with one attached hydrogen (secondary N) is 2. The molecule has 224 valence electrons. The van der Waals surface area contributed by atoms with Gasteiger partial charge in [-0.15, -0.1) is 0 Å². The number of hydrogen-bond acceptors (Lipinski definition) is 8. The van der Waals surface area contributed by atoms with Crippen molar-refractivity contribution in [1.29, 1.82) is 0 Å². The monoisotopic (exact) mass is 601 g/mol. The van der Waals surface area contributed by atoms with Crippen LogP contribution < -0.4 is 16.2 Å². The summed E-state index contributed by atoms with van der Waals surface area (Å²) in [6, 6.07) is 11.6. The third kappa shape index (κ3) is 6.41. The number of carbonyl (C=O) groups is 1. The van der Waals surface area contributed by atoms with Crippen molar-refractivity contribution in [3.63, 3.8) is 0 Å². The fourth-order valence-corrected chi connectivity index (χ4v) is 6.30. The van der Waals surface area contributed by atoms with Crippen molar-refractivity contribution in [3.8, 4) is 22.3 Å². The number of fused-ring (bicyclic) bond motifs is 1. The summed E-state index contributed by atoms with van der Waals surface area (Å²) in [5.41, 5.74) is 2.80. The number of carbonyl (C=O) groups excluding carboxylic acids is 1. The Hall–Kier alpha value is -3.86. The highest BCUT2D eigenvalue weighted by molar-refractivity contribution is 6.33. The first-order valence-corrected chi connectivity index (χ1v) is 15.2. The fraction of sp³-hybridized carbons (Fsp3) is 0.406. The van der Waals surface area contributed by atoms with Crippen LogP contribution in [0.15, 0.2) is 59.8 Å². The zero-order valence-corrected chi connectivity index (χ0v) is 25.2. The van der Waals surface area contributed by atoms with Crippen LogP contribution in [0.5, 0.6) is 0 Å². The molecule has 43 heavy (non-hydrogen) atoms. The SMILES string of the molecule is CC1CCN(C)C1CNC(=O)Cn1c(=O)c(-c2ccc(-c3cccnc3)cc2Cl)cc2cnc(NC3CCOCC3)nc21. The van der Waals surface area contributed by atoms with Gasteiger partial charge in [-0.05, 0) is 62.5 Å². The molecule has 2 aliphatic heterocycles. The Labute approximate surface area is 255 Å². The van der Waals surface area contributed by atoms with Gasteiger partial charge in [-0.2, -0.15) is 4.98 Å². The summed E-state index contributed by atoms with van der Waals surface area (Å²) < 4.78 is 6.90. The molecule has 6 rings (SSSR count). The molecule has 2 N–H and O–H groups in total. The average Bonchev–Trinajstić information content (AvgIpc) is 3.35. The lowest BCUT2D eigenvalue weighted by molar-refractivity contribution is -0.121. The van der Waals surface area contributed by atoms with Crippen LogP contribution in [0.3, 0.4) is 0 Å². The normalized spacial score (nSPS) is 19.5. The maximum atomic E-state index is 14.1. The number of halogens is 1. The van der Waals surface area contributed by atoms with E-state index >= 15 is 0 Å². The molecular formula is C32H36ClN7O3. The maximum absolute atomic E-state index is 14.1. The van der Waals surface area contributed by atoms with Crippen molar-refractivity contribution in [2.24, 2.45) is 5.92 Å². The number of anilines is 1. The quantitative estimate of drug-likeness (QED) is 0.309. The van der Waals surface area contributed by atoms with E-state index in [9.17, 15) is 9.59 Å². The van der Waals surface area contributed by atoms with E-state index in [0.29, 0.717) is 58.8 Å². The smallest absolute Gasteiger partial charge is 0.260 e. The molecule has 2 atom stereocenters. The van der Waals surface area contributed by atoms with Gasteiger partial charge in [0.1, 0.15) is 12.2 Å². The van der Waals surface area contributed by atoms with Crippen LogP contribution in [0.25, 0.3) is 33.3 Å². The minimum Gasteiger partial charge on any atom is -0.381 e. The fourth-order valence-electron chi connectivity index (χ4n) is 6.01. The van der Waals surface area contributed by atoms with Gasteiger partial charge in [-0.25, -0.2) is 4.98 Å². The van der Waals surface area contributed by atoms with E-state index in [-0.39, 0.29) is 30.1 Å². The average molecular weight is 602 g/mol. The molecule has 0 spiro atoms. The van der Waals surface area contributed by atoms with E-state index < -0.39 is 0 Å². The molecule has 0 saturated carbocycles. The molecule has 10 nitrogen and oxygen atoms in total. The van der Waals surface area contributed by atoms with Crippen LogP contribution in [0.4, 0.5) is 5.95 Å². The maximum Gasteiger partial charge on any atom is 0.260 e. The van der Waals surface area contributed by atoms with E-state index in [0.717, 1.165) is 36.9 Å². The van der Waals surface area contributed by atoms with E-state index in [4.69, 9.17) is 21.3 Å². The first-order chi connectivity index (χ1) is 20.9. The second-order valence-corrected chi connectivity index (χ2v) is 11.9. The van der Waals surface area contributed by atoms with Crippen molar-refractivity contribution < 1.29 is 9.53 Å². The highest BCUT2D eigenvalue weighted by atomic mass is 35.5. The molecule has 2 aliphatic rings. The number of amides is 1. The molecule has 3 aromatic heterocycles. The van der Waals surface area contributed by atoms with Crippen molar-refractivity contribution in [2.45, 2.75) is 44.8 Å². The Morgan fingerprint density at radius 2 is 1.93 bits per heavy atom. The van der Waals surface area contributed by atoms with Gasteiger partial charge in [-0.3, -0.25) is 19.1 Å². The van der Waals surface area contributed by atoms with Gasteiger partial charge in [0.15, 0.2) is 0 Å². The summed E-state index contributed by atoms with van der Waals surface area (Å²) in [6.45, 7) is 4.91. The number of pyridine rings is 2. The standard InChI is InChI=1S/C32H36ClN7O3/c1-20-7-11-39(2)28(20)18-35-29(41)19-40-30-23(17-36-32(38-30)37-24-8-12-43-13-9-24)14-26(31(40)42)25-6-5-21(15-27(25)33)22-4-3-10-34-16-22/h3-6,10,14-17,20,24,28H,7-9,11-13,18-19H2,1-2H3,(H,35,41)(H,36,37,38). The largest absolute Gasteiger partial charge is 0.381 e. The molecule has 0 radical (unpaired) electrons. The number of likely N-dealkylation sites (N-methyl/N-ethyl adjacent to an activating group) is 1. The molecule has 0 bridgehead atoms. The number of likely N-dealkylation sites (tertiary alicyclic amines) is 1. The van der Waals surface area contributed by atoms with Crippen LogP contribution >= 0.6 is 11.6 Å². The van der Waals surface area contributed by atoms with Gasteiger partial charge in [0.05, 0.1) is 0 Å². The summed E-state index contributed by atoms with van der Waals surface area (Å²) in [7, 11) is 2.08. The van der Waals surface area contributed by atoms with E-state index in [1.54, 1.807) is 24.7 Å². The van der Waals surface area contributed by atoms with Crippen LogP contribution in [-0.4, -0.2) is 75.8 Å². The summed E-state index contributed by atoms with van der Waals surface area (Å²) in [4.78, 5) is 43.1. The Bertz CT molecular complexity index is 1660. The molecule has 2 unspecified atom stereocenters. The number of nitrogens with zero attached hydrogens (tertiary/aromatic N) is 5. The lowest BCUT2D eigenvalue weighted by atomic mass is 10.0. The summed E-state index contributed by atoms with van der Waals surface area (Å²) >= 11 is 6.77. The van der Waals surface area contributed by atoms with Gasteiger partial charge in [0.25, 0.3) is 5.56 Å². The number of benzene rings is 1. The van der Waals surface area contributed by atoms with Crippen LogP contribution in [0.1, 0.15) is 26.2 Å². The van der Waals surface area contributed by atoms with Crippen molar-refractivity contribution in [3.05, 3.63) is 70.4 Å². The van der Waals surface area contributed by atoms with Gasteiger partial charge >= 0.3 is 0 Å². The highest BCUT2D eigenvalue weighted by Gasteiger charge is 2.28. The predicted molar refractivity (Wildman–Crippen MR) is 168 cm³/mol. The molecule has 11 heteroatoms. The molecule has 1 amide bonds. The molecular weight excluding hydrogens is 566 g/mol. The molecule has 2 fully saturated rings. The van der Waals surface area contributed by atoms with Crippen molar-refractivity contribution in [2.75, 3.05) is 38.7 Å². The second kappa shape index (κ2) is 12.8. The molecule has 4 aromatic rings. The molecule has 2 saturated heterocycles. The van der Waals surface area contributed by atoms with Crippen LogP contribution in [0.2, 0.25) is 5.02 Å². The van der Waals surface area contributed by atoms with Gasteiger partial charge in [-0.1, -0.05) is 36.7 Å². The lowest BCUT2D eigenvalue weighted by Crippen LogP contribution is -2.42. The number of rotatable bonds is 8. The summed E-state index contributed by atoms with van der Waals surface area (Å²) in [5.74, 6) is 0.658. The zero-order valence-electron chi connectivity index (χ0n) is 24.4. The molecule has 0 aliphatic carbocycles. The summed E-state index contributed by atoms with van der Waals surface area (Å²) in [5, 5.41) is 7.49. The Balaban J connectivity index is 1.36. The minimum absolute atomic E-state index is 0.174. The Morgan fingerprint density at radius 3 is 2.65 bits per heavy atom. The Kier molecular flexibility index (Phi) is 8.69. The van der Waals surface area contributed by atoms with Crippen LogP contribution in [0, 0.1) is 5.92 Å². The third-order valence-electron chi connectivity index (χ3n) is 8.61. The van der Waals surface area contributed by atoms with Crippen molar-refractivity contribution >= 4 is 34.5 Å². The zero-order chi connectivity index (χ0) is 29.9. The summed E-state index contributed by atoms with van der Waals surface area (Å²) in [6.07, 6.45) is 7.96. The number of hydrogen-bond donors (Lipinski definition) is 2. The number of ether oxygens (including phenoxy) is 1. The van der Waals surface area contributed by atoms with E-state index in [1.165, 1.54) is 4.57 Å². The minimum atomic E-state index is -0.347. The second-order valence-electron chi connectivity index (χ2n) is 11.5. The molecule has 1 aromatic carbocycles. The molecule has 5 heterocycles. The van der Waals surface area contributed by atoms with E-state index in [1.807, 2.05) is 30.3 Å². The van der Waals surface area contributed by atoms with Crippen molar-refractivity contribution in [1.82, 2.24) is 29.7 Å². The van der Waals surface area contributed by atoms with Gasteiger partial charge in [0.2, 0.25) is 11.9 Å². The van der Waals surface area contributed by atoms with Gasteiger partial charge in [0, 0.05) is 77.5 Å². The van der Waals surface area contributed by atoms with Gasteiger partial charge < -0.3 is 20.3 Å². The number of aromatic nitrogens is 4. The Morgan fingerprint density at radius 1 is 1.09 bits per heavy atom. The van der Waals surface area contributed by atoms with Crippen LogP contribution in [-0.2, 0) is 16.1 Å². The third-order valence-corrected chi connectivity index (χ3v) is 8.92. The predicted octanol–water partition coefficient (Wildman–Crippen LogP) is 4.22. The lowest BCUT2D eigenvalue weighted by Gasteiger charge is -2.24.